The third-order valence-electron chi connectivity index (χ3n) is 3.38. The van der Waals surface area contributed by atoms with Crippen LogP contribution in [0.2, 0.25) is 0 Å². The smallest absolute Gasteiger partial charge is 0.354 e. The molecule has 0 fully saturated rings. The molecule has 0 saturated carbocycles. The van der Waals surface area contributed by atoms with E-state index in [1.165, 1.54) is 11.8 Å². The van der Waals surface area contributed by atoms with Crippen LogP contribution in [-0.4, -0.2) is 35.1 Å². The summed E-state index contributed by atoms with van der Waals surface area (Å²) in [6.07, 6.45) is 2.75. The normalized spacial score (nSPS) is 10.5. The Morgan fingerprint density at radius 3 is 2.64 bits per heavy atom. The quantitative estimate of drug-likeness (QED) is 0.851. The molecule has 2 aromatic rings. The molecule has 1 aromatic heterocycles. The van der Waals surface area contributed by atoms with Gasteiger partial charge in [-0.3, -0.25) is 0 Å². The first-order chi connectivity index (χ1) is 10.6. The molecule has 0 spiro atoms. The van der Waals surface area contributed by atoms with Gasteiger partial charge in [-0.25, -0.2) is 9.48 Å². The first-order valence-electron chi connectivity index (χ1n) is 7.15. The number of aromatic carboxylic acids is 1. The maximum atomic E-state index is 11.5. The molecule has 0 aliphatic carbocycles. The van der Waals surface area contributed by atoms with Crippen molar-refractivity contribution in [2.24, 2.45) is 0 Å². The molecule has 0 atom stereocenters. The van der Waals surface area contributed by atoms with Crippen LogP contribution in [0.3, 0.4) is 0 Å². The summed E-state index contributed by atoms with van der Waals surface area (Å²) >= 11 is 0. The molecule has 6 nitrogen and oxygen atoms in total. The molecule has 22 heavy (non-hydrogen) atoms. The first kappa shape index (κ1) is 15.9. The molecule has 1 heterocycles. The van der Waals surface area contributed by atoms with Crippen molar-refractivity contribution in [2.45, 2.75) is 26.2 Å². The Balaban J connectivity index is 2.50. The molecule has 6 heteroatoms. The number of hydrogen-bond donors (Lipinski definition) is 1. The Kier molecular flexibility index (Phi) is 5.04. The third-order valence-corrected chi connectivity index (χ3v) is 3.38. The van der Waals surface area contributed by atoms with Crippen LogP contribution in [0, 0.1) is 0 Å². The summed E-state index contributed by atoms with van der Waals surface area (Å²) in [5, 5.41) is 13.8. The predicted molar refractivity (Wildman–Crippen MR) is 82.2 cm³/mol. The lowest BCUT2D eigenvalue weighted by atomic mass is 10.2. The molecule has 118 valence electrons. The predicted octanol–water partition coefficient (Wildman–Crippen LogP) is 2.93. The van der Waals surface area contributed by atoms with Crippen molar-refractivity contribution in [1.29, 1.82) is 0 Å². The minimum atomic E-state index is -1.02. The second kappa shape index (κ2) is 6.98. The fraction of sp³-hybridized carbons (Fsp3) is 0.375. The number of aromatic nitrogens is 2. The zero-order chi connectivity index (χ0) is 16.1. The van der Waals surface area contributed by atoms with Crippen LogP contribution >= 0.6 is 0 Å². The SMILES string of the molecule is CCCCc1cc(C(=O)O)n(-c2ccc(OC)cc2OC)n1. The summed E-state index contributed by atoms with van der Waals surface area (Å²) < 4.78 is 11.9. The summed E-state index contributed by atoms with van der Waals surface area (Å²) in [6.45, 7) is 2.08. The topological polar surface area (TPSA) is 73.6 Å². The highest BCUT2D eigenvalue weighted by molar-refractivity contribution is 5.86. The van der Waals surface area contributed by atoms with Crippen LogP contribution < -0.4 is 9.47 Å². The van der Waals surface area contributed by atoms with Crippen LogP contribution in [0.4, 0.5) is 0 Å². The zero-order valence-corrected chi connectivity index (χ0v) is 13.0. The lowest BCUT2D eigenvalue weighted by molar-refractivity contribution is 0.0687. The molecule has 0 radical (unpaired) electrons. The molecule has 0 amide bonds. The molecular formula is C16H20N2O4. The molecule has 0 saturated heterocycles. The molecule has 1 N–H and O–H groups in total. The van der Waals surface area contributed by atoms with Crippen molar-refractivity contribution in [3.8, 4) is 17.2 Å². The number of carboxylic acids is 1. The van der Waals surface area contributed by atoms with E-state index >= 15 is 0 Å². The molecule has 2 rings (SSSR count). The van der Waals surface area contributed by atoms with Crippen molar-refractivity contribution in [3.05, 3.63) is 35.7 Å². The highest BCUT2D eigenvalue weighted by Gasteiger charge is 2.18. The van der Waals surface area contributed by atoms with Crippen molar-refractivity contribution in [3.63, 3.8) is 0 Å². The van der Waals surface area contributed by atoms with Crippen molar-refractivity contribution < 1.29 is 19.4 Å². The highest BCUT2D eigenvalue weighted by atomic mass is 16.5. The summed E-state index contributed by atoms with van der Waals surface area (Å²) in [5.41, 5.74) is 1.45. The van der Waals surface area contributed by atoms with E-state index in [1.807, 2.05) is 0 Å². The second-order valence-electron chi connectivity index (χ2n) is 4.88. The first-order valence-corrected chi connectivity index (χ1v) is 7.15. The number of unbranched alkanes of at least 4 members (excludes halogenated alkanes) is 1. The minimum absolute atomic E-state index is 0.120. The molecule has 0 aliphatic heterocycles. The monoisotopic (exact) mass is 304 g/mol. The zero-order valence-electron chi connectivity index (χ0n) is 13.0. The number of hydrogen-bond acceptors (Lipinski definition) is 4. The van der Waals surface area contributed by atoms with E-state index in [4.69, 9.17) is 9.47 Å². The molecule has 0 bridgehead atoms. The van der Waals surface area contributed by atoms with Crippen LogP contribution in [0.25, 0.3) is 5.69 Å². The fourth-order valence-electron chi connectivity index (χ4n) is 2.21. The van der Waals surface area contributed by atoms with Gasteiger partial charge in [-0.1, -0.05) is 13.3 Å². The average molecular weight is 304 g/mol. The van der Waals surface area contributed by atoms with Gasteiger partial charge in [0.15, 0.2) is 5.69 Å². The number of aryl methyl sites for hydroxylation is 1. The number of carbonyl (C=O) groups is 1. The average Bonchev–Trinajstić information content (AvgIpc) is 2.96. The molecular weight excluding hydrogens is 284 g/mol. The Morgan fingerprint density at radius 2 is 2.05 bits per heavy atom. The number of methoxy groups -OCH3 is 2. The maximum absolute atomic E-state index is 11.5. The van der Waals surface area contributed by atoms with Crippen LogP contribution in [0.1, 0.15) is 35.9 Å². The van der Waals surface area contributed by atoms with Crippen molar-refractivity contribution in [1.82, 2.24) is 9.78 Å². The van der Waals surface area contributed by atoms with E-state index < -0.39 is 5.97 Å². The lowest BCUT2D eigenvalue weighted by Crippen LogP contribution is -2.09. The lowest BCUT2D eigenvalue weighted by Gasteiger charge is -2.11. The summed E-state index contributed by atoms with van der Waals surface area (Å²) in [5.74, 6) is 0.121. The van der Waals surface area contributed by atoms with Gasteiger partial charge in [0, 0.05) is 6.07 Å². The van der Waals surface area contributed by atoms with E-state index in [0.29, 0.717) is 17.2 Å². The summed E-state index contributed by atoms with van der Waals surface area (Å²) in [4.78, 5) is 11.5. The van der Waals surface area contributed by atoms with Gasteiger partial charge in [-0.15, -0.1) is 0 Å². The van der Waals surface area contributed by atoms with Crippen molar-refractivity contribution >= 4 is 5.97 Å². The number of benzene rings is 1. The van der Waals surface area contributed by atoms with Gasteiger partial charge < -0.3 is 14.6 Å². The number of rotatable bonds is 7. The van der Waals surface area contributed by atoms with Crippen LogP contribution in [0.5, 0.6) is 11.5 Å². The molecule has 1 aromatic carbocycles. The maximum Gasteiger partial charge on any atom is 0.354 e. The van der Waals surface area contributed by atoms with Gasteiger partial charge in [-0.2, -0.15) is 5.10 Å². The van der Waals surface area contributed by atoms with Gasteiger partial charge in [-0.05, 0) is 31.0 Å². The van der Waals surface area contributed by atoms with Gasteiger partial charge in [0.05, 0.1) is 19.9 Å². The highest BCUT2D eigenvalue weighted by Crippen LogP contribution is 2.28. The molecule has 0 aliphatic rings. The van der Waals surface area contributed by atoms with Gasteiger partial charge in [0.25, 0.3) is 0 Å². The summed E-state index contributed by atoms with van der Waals surface area (Å²) in [6, 6.07) is 6.80. The minimum Gasteiger partial charge on any atom is -0.497 e. The number of ether oxygens (including phenoxy) is 2. The van der Waals surface area contributed by atoms with E-state index in [9.17, 15) is 9.90 Å². The standard InChI is InChI=1S/C16H20N2O4/c1-4-5-6-11-9-14(16(19)20)18(17-11)13-8-7-12(21-2)10-15(13)22-3/h7-10H,4-6H2,1-3H3,(H,19,20). The van der Waals surface area contributed by atoms with Crippen LogP contribution in [-0.2, 0) is 6.42 Å². The van der Waals surface area contributed by atoms with E-state index in [-0.39, 0.29) is 5.69 Å². The Hall–Kier alpha value is -2.50. The molecule has 0 unspecified atom stereocenters. The Labute approximate surface area is 129 Å². The van der Waals surface area contributed by atoms with Gasteiger partial charge in [0.1, 0.15) is 17.2 Å². The Bertz CT molecular complexity index is 664. The van der Waals surface area contributed by atoms with Gasteiger partial charge in [0.2, 0.25) is 0 Å². The fourth-order valence-corrected chi connectivity index (χ4v) is 2.21. The van der Waals surface area contributed by atoms with Crippen LogP contribution in [0.15, 0.2) is 24.3 Å². The number of nitrogens with zero attached hydrogens (tertiary/aromatic N) is 2. The second-order valence-corrected chi connectivity index (χ2v) is 4.88. The van der Waals surface area contributed by atoms with Crippen molar-refractivity contribution in [2.75, 3.05) is 14.2 Å². The third kappa shape index (κ3) is 3.21. The Morgan fingerprint density at radius 1 is 1.27 bits per heavy atom. The van der Waals surface area contributed by atoms with Gasteiger partial charge >= 0.3 is 5.97 Å². The van der Waals surface area contributed by atoms with E-state index in [2.05, 4.69) is 12.0 Å². The van der Waals surface area contributed by atoms with E-state index in [1.54, 1.807) is 31.4 Å². The largest absolute Gasteiger partial charge is 0.497 e. The number of carboxylic acid groups (broad SMARTS) is 1. The van der Waals surface area contributed by atoms with E-state index in [0.717, 1.165) is 25.0 Å². The summed E-state index contributed by atoms with van der Waals surface area (Å²) in [7, 11) is 3.09.